The van der Waals surface area contributed by atoms with Gasteiger partial charge in [-0.1, -0.05) is 0 Å². The lowest BCUT2D eigenvalue weighted by atomic mass is 9.95. The summed E-state index contributed by atoms with van der Waals surface area (Å²) in [6.07, 6.45) is 2.12. The fourth-order valence-corrected chi connectivity index (χ4v) is 2.16. The van der Waals surface area contributed by atoms with Crippen molar-refractivity contribution in [1.82, 2.24) is 19.9 Å². The molecule has 8 heteroatoms. The van der Waals surface area contributed by atoms with Gasteiger partial charge in [0.1, 0.15) is 0 Å². The van der Waals surface area contributed by atoms with Gasteiger partial charge in [-0.2, -0.15) is 5.10 Å². The van der Waals surface area contributed by atoms with Crippen molar-refractivity contribution in [1.29, 1.82) is 0 Å². The molecule has 0 aliphatic carbocycles. The molecule has 0 aromatic carbocycles. The monoisotopic (exact) mass is 274 g/mol. The molecule has 102 valence electrons. The maximum atomic E-state index is 11.8. The third kappa shape index (κ3) is 2.00. The molecule has 20 heavy (non-hydrogen) atoms. The van der Waals surface area contributed by atoms with Crippen molar-refractivity contribution in [2.24, 2.45) is 0 Å². The molecule has 0 bridgehead atoms. The Morgan fingerprint density at radius 1 is 1.45 bits per heavy atom. The van der Waals surface area contributed by atoms with E-state index >= 15 is 0 Å². The number of imide groups is 1. The first-order valence-corrected chi connectivity index (χ1v) is 5.98. The third-order valence-corrected chi connectivity index (χ3v) is 3.16. The molecule has 0 radical (unpaired) electrons. The van der Waals surface area contributed by atoms with E-state index in [-0.39, 0.29) is 23.9 Å². The Labute approximate surface area is 112 Å². The highest BCUT2D eigenvalue weighted by atomic mass is 16.4. The van der Waals surface area contributed by atoms with Gasteiger partial charge in [0, 0.05) is 18.7 Å². The summed E-state index contributed by atoms with van der Waals surface area (Å²) in [6.45, 7) is 0. The number of nitrogens with one attached hydrogen (secondary N) is 1. The summed E-state index contributed by atoms with van der Waals surface area (Å²) in [6, 6.07) is 2.89. The van der Waals surface area contributed by atoms with Gasteiger partial charge in [-0.3, -0.25) is 14.9 Å². The molecule has 1 saturated heterocycles. The Balaban J connectivity index is 1.98. The van der Waals surface area contributed by atoms with E-state index < -0.39 is 11.9 Å². The molecule has 1 aliphatic rings. The van der Waals surface area contributed by atoms with Crippen LogP contribution in [0.4, 0.5) is 0 Å². The number of amides is 2. The zero-order valence-corrected chi connectivity index (χ0v) is 10.2. The molecule has 2 amide bonds. The Hall–Kier alpha value is -2.77. The zero-order valence-electron chi connectivity index (χ0n) is 10.2. The van der Waals surface area contributed by atoms with Gasteiger partial charge >= 0.3 is 5.97 Å². The lowest BCUT2D eigenvalue weighted by Gasteiger charge is -2.18. The van der Waals surface area contributed by atoms with Gasteiger partial charge in [-0.15, -0.1) is 0 Å². The zero-order chi connectivity index (χ0) is 14.3. The number of carbonyl (C=O) groups excluding carboxylic acids is 2. The standard InChI is InChI=1S/C12H10N4O4/c17-10-2-1-6(11(18)14-10)8-5-9-13-7(12(19)20)3-4-16(9)15-8/h3-6H,1-2H2,(H,19,20)(H,14,17,18). The molecule has 0 spiro atoms. The van der Waals surface area contributed by atoms with Gasteiger partial charge in [0.05, 0.1) is 11.6 Å². The Bertz CT molecular complexity index is 736. The number of aromatic nitrogens is 3. The summed E-state index contributed by atoms with van der Waals surface area (Å²) in [5.41, 5.74) is 0.738. The minimum atomic E-state index is -1.13. The number of carbonyl (C=O) groups is 3. The predicted molar refractivity (Wildman–Crippen MR) is 65.1 cm³/mol. The van der Waals surface area contributed by atoms with Crippen LogP contribution < -0.4 is 5.32 Å². The number of carboxylic acids is 1. The average molecular weight is 274 g/mol. The van der Waals surface area contributed by atoms with Crippen molar-refractivity contribution in [3.05, 3.63) is 29.7 Å². The predicted octanol–water partition coefficient (Wildman–Crippen LogP) is -0.0523. The fraction of sp³-hybridized carbons (Fsp3) is 0.250. The minimum absolute atomic E-state index is 0.0905. The fourth-order valence-electron chi connectivity index (χ4n) is 2.16. The molecule has 8 nitrogen and oxygen atoms in total. The lowest BCUT2D eigenvalue weighted by Crippen LogP contribution is -2.39. The number of nitrogens with zero attached hydrogens (tertiary/aromatic N) is 3. The highest BCUT2D eigenvalue weighted by Gasteiger charge is 2.30. The topological polar surface area (TPSA) is 114 Å². The number of aromatic carboxylic acids is 1. The largest absolute Gasteiger partial charge is 0.477 e. The number of carboxylic acid groups (broad SMARTS) is 1. The van der Waals surface area contributed by atoms with E-state index in [1.54, 1.807) is 6.07 Å². The van der Waals surface area contributed by atoms with Crippen LogP contribution in [0.2, 0.25) is 0 Å². The van der Waals surface area contributed by atoms with E-state index in [2.05, 4.69) is 15.4 Å². The van der Waals surface area contributed by atoms with Gasteiger partial charge in [-0.25, -0.2) is 14.3 Å². The quantitative estimate of drug-likeness (QED) is 0.742. The first-order valence-electron chi connectivity index (χ1n) is 5.98. The summed E-state index contributed by atoms with van der Waals surface area (Å²) in [5, 5.41) is 15.3. The maximum absolute atomic E-state index is 11.8. The van der Waals surface area contributed by atoms with Crippen LogP contribution in [0.25, 0.3) is 5.65 Å². The molecule has 1 fully saturated rings. The molecule has 2 aromatic rings. The average Bonchev–Trinajstić information content (AvgIpc) is 2.80. The minimum Gasteiger partial charge on any atom is -0.477 e. The van der Waals surface area contributed by atoms with Gasteiger partial charge in [0.15, 0.2) is 11.3 Å². The van der Waals surface area contributed by atoms with E-state index in [0.717, 1.165) is 0 Å². The van der Waals surface area contributed by atoms with Crippen molar-refractivity contribution in [2.45, 2.75) is 18.8 Å². The first kappa shape index (κ1) is 12.3. The summed E-state index contributed by atoms with van der Waals surface area (Å²) >= 11 is 0. The van der Waals surface area contributed by atoms with E-state index in [1.165, 1.54) is 16.8 Å². The third-order valence-electron chi connectivity index (χ3n) is 3.16. The van der Waals surface area contributed by atoms with Crippen LogP contribution in [-0.4, -0.2) is 37.5 Å². The number of piperidine rings is 1. The van der Waals surface area contributed by atoms with E-state index in [4.69, 9.17) is 5.11 Å². The number of hydrogen-bond acceptors (Lipinski definition) is 5. The van der Waals surface area contributed by atoms with Gasteiger partial charge in [-0.05, 0) is 12.5 Å². The summed E-state index contributed by atoms with van der Waals surface area (Å²) in [7, 11) is 0. The Morgan fingerprint density at radius 3 is 2.95 bits per heavy atom. The van der Waals surface area contributed by atoms with Crippen molar-refractivity contribution in [3.63, 3.8) is 0 Å². The number of rotatable bonds is 2. The molecule has 3 heterocycles. The van der Waals surface area contributed by atoms with Gasteiger partial charge in [0.2, 0.25) is 11.8 Å². The second kappa shape index (κ2) is 4.41. The van der Waals surface area contributed by atoms with Crippen LogP contribution >= 0.6 is 0 Å². The van der Waals surface area contributed by atoms with Crippen LogP contribution in [-0.2, 0) is 9.59 Å². The molecule has 1 unspecified atom stereocenters. The van der Waals surface area contributed by atoms with Crippen LogP contribution in [0.5, 0.6) is 0 Å². The highest BCUT2D eigenvalue weighted by Crippen LogP contribution is 2.24. The molecular formula is C12H10N4O4. The first-order chi connectivity index (χ1) is 9.54. The summed E-state index contributed by atoms with van der Waals surface area (Å²) in [5.74, 6) is -2.32. The lowest BCUT2D eigenvalue weighted by molar-refractivity contribution is -0.134. The Morgan fingerprint density at radius 2 is 2.25 bits per heavy atom. The second-order valence-electron chi connectivity index (χ2n) is 4.49. The second-order valence-corrected chi connectivity index (χ2v) is 4.49. The van der Waals surface area contributed by atoms with Crippen LogP contribution in [0, 0.1) is 0 Å². The highest BCUT2D eigenvalue weighted by molar-refractivity contribution is 6.00. The number of hydrogen-bond donors (Lipinski definition) is 2. The van der Waals surface area contributed by atoms with Crippen molar-refractivity contribution in [3.8, 4) is 0 Å². The van der Waals surface area contributed by atoms with Crippen molar-refractivity contribution in [2.75, 3.05) is 0 Å². The van der Waals surface area contributed by atoms with Crippen LogP contribution in [0.1, 0.15) is 34.9 Å². The van der Waals surface area contributed by atoms with E-state index in [1.807, 2.05) is 0 Å². The maximum Gasteiger partial charge on any atom is 0.354 e. The van der Waals surface area contributed by atoms with Crippen molar-refractivity contribution >= 4 is 23.4 Å². The molecule has 1 atom stereocenters. The molecule has 3 rings (SSSR count). The molecule has 0 saturated carbocycles. The molecule has 2 N–H and O–H groups in total. The smallest absolute Gasteiger partial charge is 0.354 e. The molecule has 2 aromatic heterocycles. The summed E-state index contributed by atoms with van der Waals surface area (Å²) in [4.78, 5) is 37.6. The van der Waals surface area contributed by atoms with Crippen LogP contribution in [0.15, 0.2) is 18.3 Å². The normalized spacial score (nSPS) is 19.1. The van der Waals surface area contributed by atoms with Gasteiger partial charge < -0.3 is 5.11 Å². The Kier molecular flexibility index (Phi) is 2.70. The molecular weight excluding hydrogens is 264 g/mol. The number of fused-ring (bicyclic) bond motifs is 1. The SMILES string of the molecule is O=C1CCC(c2cc3nc(C(=O)O)ccn3n2)C(=O)N1. The van der Waals surface area contributed by atoms with Gasteiger partial charge in [0.25, 0.3) is 0 Å². The van der Waals surface area contributed by atoms with E-state index in [9.17, 15) is 14.4 Å². The van der Waals surface area contributed by atoms with Crippen LogP contribution in [0.3, 0.4) is 0 Å². The summed E-state index contributed by atoms with van der Waals surface area (Å²) < 4.78 is 1.41. The van der Waals surface area contributed by atoms with Crippen molar-refractivity contribution < 1.29 is 19.5 Å². The molecule has 1 aliphatic heterocycles. The van der Waals surface area contributed by atoms with E-state index in [0.29, 0.717) is 17.8 Å².